The molecule has 1 N–H and O–H groups in total. The van der Waals surface area contributed by atoms with E-state index in [0.29, 0.717) is 0 Å². The Morgan fingerprint density at radius 3 is 2.86 bits per heavy atom. The molecule has 5 nitrogen and oxygen atoms in total. The summed E-state index contributed by atoms with van der Waals surface area (Å²) in [4.78, 5) is 19.8. The molecule has 0 spiro atoms. The standard InChI is InChI=1S/C22H26N4OS/c1-16-13-20(17(2)26(16)22-23-10-12-28-22)21(27)24-19-9-6-11-25(15-19)14-18-7-4-3-5-8-18/h3-5,7-8,10,12-13,19H,6,9,11,14-15H2,1-2H3,(H,24,27). The second-order valence-electron chi connectivity index (χ2n) is 7.47. The van der Waals surface area contributed by atoms with Crippen LogP contribution in [0.3, 0.4) is 0 Å². The van der Waals surface area contributed by atoms with Gasteiger partial charge in [0.2, 0.25) is 0 Å². The summed E-state index contributed by atoms with van der Waals surface area (Å²) in [5, 5.41) is 6.13. The van der Waals surface area contributed by atoms with E-state index in [1.807, 2.05) is 31.4 Å². The van der Waals surface area contributed by atoms with Gasteiger partial charge in [-0.1, -0.05) is 30.3 Å². The highest BCUT2D eigenvalue weighted by atomic mass is 32.1. The van der Waals surface area contributed by atoms with Gasteiger partial charge in [0.1, 0.15) is 0 Å². The zero-order valence-corrected chi connectivity index (χ0v) is 17.2. The summed E-state index contributed by atoms with van der Waals surface area (Å²) in [6.45, 7) is 6.93. The molecule has 1 fully saturated rings. The van der Waals surface area contributed by atoms with Crippen LogP contribution in [0.4, 0.5) is 0 Å². The second-order valence-corrected chi connectivity index (χ2v) is 8.34. The van der Waals surface area contributed by atoms with Crippen LogP contribution in [0.5, 0.6) is 0 Å². The molecular formula is C22H26N4OS. The Hall–Kier alpha value is -2.44. The average Bonchev–Trinajstić information content (AvgIpc) is 3.30. The zero-order chi connectivity index (χ0) is 19.5. The van der Waals surface area contributed by atoms with Gasteiger partial charge in [0.05, 0.1) is 5.56 Å². The molecule has 1 unspecified atom stereocenters. The van der Waals surface area contributed by atoms with Crippen LogP contribution in [0.2, 0.25) is 0 Å². The highest BCUT2D eigenvalue weighted by Crippen LogP contribution is 2.23. The molecule has 0 aliphatic carbocycles. The summed E-state index contributed by atoms with van der Waals surface area (Å²) in [6, 6.07) is 12.7. The first-order chi connectivity index (χ1) is 13.6. The predicted octanol–water partition coefficient (Wildman–Crippen LogP) is 3.95. The molecule has 28 heavy (non-hydrogen) atoms. The summed E-state index contributed by atoms with van der Waals surface area (Å²) < 4.78 is 2.06. The number of hydrogen-bond acceptors (Lipinski definition) is 4. The van der Waals surface area contributed by atoms with Crippen LogP contribution in [0.25, 0.3) is 5.13 Å². The monoisotopic (exact) mass is 394 g/mol. The van der Waals surface area contributed by atoms with Crippen molar-refractivity contribution < 1.29 is 4.79 Å². The second kappa shape index (κ2) is 8.29. The maximum Gasteiger partial charge on any atom is 0.253 e. The molecule has 1 aliphatic rings. The fourth-order valence-corrected chi connectivity index (χ4v) is 4.79. The third-order valence-electron chi connectivity index (χ3n) is 5.38. The van der Waals surface area contributed by atoms with E-state index in [4.69, 9.17) is 0 Å². The number of hydrogen-bond donors (Lipinski definition) is 1. The Labute approximate surface area is 170 Å². The molecule has 6 heteroatoms. The van der Waals surface area contributed by atoms with Crippen molar-refractivity contribution >= 4 is 17.2 Å². The first-order valence-corrected chi connectivity index (χ1v) is 10.7. The summed E-state index contributed by atoms with van der Waals surface area (Å²) in [5.74, 6) is 0.0162. The van der Waals surface area contributed by atoms with Gasteiger partial charge in [-0.25, -0.2) is 4.98 Å². The zero-order valence-electron chi connectivity index (χ0n) is 16.4. The third kappa shape index (κ3) is 4.03. The first-order valence-electron chi connectivity index (χ1n) is 9.78. The van der Waals surface area contributed by atoms with Gasteiger partial charge in [-0.05, 0) is 44.9 Å². The van der Waals surface area contributed by atoms with Crippen molar-refractivity contribution in [2.75, 3.05) is 13.1 Å². The lowest BCUT2D eigenvalue weighted by atomic mass is 10.0. The SMILES string of the molecule is Cc1cc(C(=O)NC2CCCN(Cc3ccccc3)C2)c(C)n1-c1nccs1. The summed E-state index contributed by atoms with van der Waals surface area (Å²) in [7, 11) is 0. The lowest BCUT2D eigenvalue weighted by molar-refractivity contribution is 0.0900. The van der Waals surface area contributed by atoms with E-state index in [9.17, 15) is 4.79 Å². The van der Waals surface area contributed by atoms with Crippen LogP contribution in [0.1, 0.15) is 40.2 Å². The van der Waals surface area contributed by atoms with Crippen molar-refractivity contribution in [2.45, 2.75) is 39.3 Å². The Morgan fingerprint density at radius 1 is 1.29 bits per heavy atom. The number of carbonyl (C=O) groups is 1. The fraction of sp³-hybridized carbons (Fsp3) is 0.364. The van der Waals surface area contributed by atoms with Gasteiger partial charge in [0, 0.05) is 42.1 Å². The number of nitrogens with zero attached hydrogens (tertiary/aromatic N) is 3. The molecule has 3 aromatic rings. The molecule has 0 radical (unpaired) electrons. The summed E-state index contributed by atoms with van der Waals surface area (Å²) >= 11 is 1.58. The largest absolute Gasteiger partial charge is 0.348 e. The number of aromatic nitrogens is 2. The third-order valence-corrected chi connectivity index (χ3v) is 6.13. The van der Waals surface area contributed by atoms with E-state index in [1.165, 1.54) is 5.56 Å². The summed E-state index contributed by atoms with van der Waals surface area (Å²) in [6.07, 6.45) is 3.93. The molecule has 1 saturated heterocycles. The van der Waals surface area contributed by atoms with Crippen molar-refractivity contribution in [1.29, 1.82) is 0 Å². The molecular weight excluding hydrogens is 368 g/mol. The molecule has 4 rings (SSSR count). The minimum Gasteiger partial charge on any atom is -0.348 e. The molecule has 2 aromatic heterocycles. The highest BCUT2D eigenvalue weighted by Gasteiger charge is 2.24. The number of aryl methyl sites for hydroxylation is 1. The topological polar surface area (TPSA) is 50.2 Å². The first kappa shape index (κ1) is 18.9. The lowest BCUT2D eigenvalue weighted by Crippen LogP contribution is -2.47. The van der Waals surface area contributed by atoms with E-state index in [0.717, 1.165) is 54.6 Å². The van der Waals surface area contributed by atoms with Gasteiger partial charge in [-0.2, -0.15) is 0 Å². The van der Waals surface area contributed by atoms with Crippen LogP contribution in [0, 0.1) is 13.8 Å². The Balaban J connectivity index is 1.43. The van der Waals surface area contributed by atoms with Gasteiger partial charge >= 0.3 is 0 Å². The minimum absolute atomic E-state index is 0.0162. The highest BCUT2D eigenvalue weighted by molar-refractivity contribution is 7.12. The smallest absolute Gasteiger partial charge is 0.253 e. The van der Waals surface area contributed by atoms with Gasteiger partial charge < -0.3 is 5.32 Å². The minimum atomic E-state index is 0.0162. The number of rotatable bonds is 5. The van der Waals surface area contributed by atoms with Crippen LogP contribution < -0.4 is 5.32 Å². The van der Waals surface area contributed by atoms with E-state index in [-0.39, 0.29) is 11.9 Å². The number of benzene rings is 1. The molecule has 1 aromatic carbocycles. The predicted molar refractivity (Wildman–Crippen MR) is 113 cm³/mol. The summed E-state index contributed by atoms with van der Waals surface area (Å²) in [5.41, 5.74) is 4.04. The quantitative estimate of drug-likeness (QED) is 0.713. The van der Waals surface area contributed by atoms with Gasteiger partial charge in [-0.15, -0.1) is 11.3 Å². The number of thiazole rings is 1. The van der Waals surface area contributed by atoms with E-state index in [2.05, 4.69) is 44.0 Å². The van der Waals surface area contributed by atoms with Gasteiger partial charge in [0.15, 0.2) is 5.13 Å². The van der Waals surface area contributed by atoms with Crippen molar-refractivity contribution in [3.8, 4) is 5.13 Å². The molecule has 1 amide bonds. The lowest BCUT2D eigenvalue weighted by Gasteiger charge is -2.33. The maximum atomic E-state index is 13.0. The van der Waals surface area contributed by atoms with E-state index in [1.54, 1.807) is 17.5 Å². The number of likely N-dealkylation sites (tertiary alicyclic amines) is 1. The van der Waals surface area contributed by atoms with Crippen LogP contribution >= 0.6 is 11.3 Å². The average molecular weight is 395 g/mol. The molecule has 1 aliphatic heterocycles. The van der Waals surface area contributed by atoms with Gasteiger partial charge in [0.25, 0.3) is 5.91 Å². The molecule has 0 saturated carbocycles. The Kier molecular flexibility index (Phi) is 5.59. The molecule has 3 heterocycles. The number of amides is 1. The number of nitrogens with one attached hydrogen (secondary N) is 1. The van der Waals surface area contributed by atoms with Crippen molar-refractivity contribution in [1.82, 2.24) is 19.8 Å². The van der Waals surface area contributed by atoms with Crippen LogP contribution in [-0.2, 0) is 6.54 Å². The fourth-order valence-electron chi connectivity index (χ4n) is 4.04. The van der Waals surface area contributed by atoms with Gasteiger partial charge in [-0.3, -0.25) is 14.3 Å². The molecule has 1 atom stereocenters. The molecule has 0 bridgehead atoms. The number of piperidine rings is 1. The van der Waals surface area contributed by atoms with Crippen LogP contribution in [0.15, 0.2) is 48.0 Å². The normalized spacial score (nSPS) is 17.6. The molecule has 146 valence electrons. The maximum absolute atomic E-state index is 13.0. The van der Waals surface area contributed by atoms with E-state index < -0.39 is 0 Å². The van der Waals surface area contributed by atoms with Crippen molar-refractivity contribution in [3.05, 3.63) is 70.5 Å². The Bertz CT molecular complexity index is 933. The Morgan fingerprint density at radius 2 is 2.11 bits per heavy atom. The van der Waals surface area contributed by atoms with Crippen LogP contribution in [-0.4, -0.2) is 39.5 Å². The number of carbonyl (C=O) groups excluding carboxylic acids is 1. The van der Waals surface area contributed by atoms with Crippen molar-refractivity contribution in [2.24, 2.45) is 0 Å². The van der Waals surface area contributed by atoms with Crippen molar-refractivity contribution in [3.63, 3.8) is 0 Å². The van der Waals surface area contributed by atoms with E-state index >= 15 is 0 Å².